The molecule has 0 bridgehead atoms. The first-order valence-electron chi connectivity index (χ1n) is 6.12. The van der Waals surface area contributed by atoms with Gasteiger partial charge in [0.2, 0.25) is 0 Å². The number of hydrogen-bond donors (Lipinski definition) is 1. The van der Waals surface area contributed by atoms with E-state index >= 15 is 0 Å². The van der Waals surface area contributed by atoms with E-state index in [1.807, 2.05) is 12.1 Å². The molecule has 0 aliphatic carbocycles. The van der Waals surface area contributed by atoms with E-state index in [1.165, 1.54) is 11.3 Å². The van der Waals surface area contributed by atoms with Crippen LogP contribution in [-0.4, -0.2) is 16.3 Å². The topological polar surface area (TPSA) is 43.0 Å². The summed E-state index contributed by atoms with van der Waals surface area (Å²) in [7, 11) is 0. The van der Waals surface area contributed by atoms with Crippen LogP contribution in [0.5, 0.6) is 0 Å². The molecule has 3 rings (SSSR count). The lowest BCUT2D eigenvalue weighted by Crippen LogP contribution is -2.25. The first kappa shape index (κ1) is 10.6. The highest BCUT2D eigenvalue weighted by molar-refractivity contribution is 5.59. The molecule has 1 N–H and O–H groups in total. The summed E-state index contributed by atoms with van der Waals surface area (Å²) in [6, 6.07) is 4.28. The van der Waals surface area contributed by atoms with Crippen LogP contribution in [0.3, 0.4) is 0 Å². The maximum atomic E-state index is 5.48. The van der Waals surface area contributed by atoms with Crippen molar-refractivity contribution in [1.82, 2.24) is 15.1 Å². The van der Waals surface area contributed by atoms with Gasteiger partial charge in [0.25, 0.3) is 0 Å². The minimum Gasteiger partial charge on any atom is -0.463 e. The van der Waals surface area contributed by atoms with Gasteiger partial charge in [-0.05, 0) is 26.0 Å². The molecule has 0 radical (unpaired) electrons. The molecule has 1 aliphatic rings. The Hall–Kier alpha value is -1.55. The highest BCUT2D eigenvalue weighted by Crippen LogP contribution is 2.29. The van der Waals surface area contributed by atoms with Crippen molar-refractivity contribution >= 4 is 0 Å². The molecule has 0 atom stereocenters. The maximum absolute atomic E-state index is 5.48. The lowest BCUT2D eigenvalue weighted by molar-refractivity contribution is 0.493. The molecule has 0 saturated heterocycles. The first-order valence-corrected chi connectivity index (χ1v) is 6.12. The Kier molecular flexibility index (Phi) is 2.52. The molecule has 4 nitrogen and oxygen atoms in total. The third kappa shape index (κ3) is 1.69. The molecular formula is C13H17N3O. The second-order valence-corrected chi connectivity index (χ2v) is 4.72. The van der Waals surface area contributed by atoms with Crippen molar-refractivity contribution in [2.45, 2.75) is 32.9 Å². The van der Waals surface area contributed by atoms with Crippen LogP contribution in [0, 0.1) is 0 Å². The average molecular weight is 231 g/mol. The second-order valence-electron chi connectivity index (χ2n) is 4.72. The average Bonchev–Trinajstić information content (AvgIpc) is 2.95. The van der Waals surface area contributed by atoms with Gasteiger partial charge in [-0.2, -0.15) is 5.10 Å². The third-order valence-electron chi connectivity index (χ3n) is 3.20. The lowest BCUT2D eigenvalue weighted by atomic mass is 10.1. The van der Waals surface area contributed by atoms with E-state index in [9.17, 15) is 0 Å². The SMILES string of the molecule is CC(C)n1nc(-c2ccco2)c2c1CCNC2. The molecule has 4 heteroatoms. The summed E-state index contributed by atoms with van der Waals surface area (Å²) in [6.07, 6.45) is 2.74. The smallest absolute Gasteiger partial charge is 0.154 e. The van der Waals surface area contributed by atoms with Crippen molar-refractivity contribution in [1.29, 1.82) is 0 Å². The monoisotopic (exact) mass is 231 g/mol. The van der Waals surface area contributed by atoms with Crippen molar-refractivity contribution < 1.29 is 4.42 Å². The Morgan fingerprint density at radius 1 is 1.47 bits per heavy atom. The number of hydrogen-bond acceptors (Lipinski definition) is 3. The molecule has 1 aliphatic heterocycles. The van der Waals surface area contributed by atoms with Gasteiger partial charge in [0.1, 0.15) is 5.69 Å². The van der Waals surface area contributed by atoms with Gasteiger partial charge in [-0.1, -0.05) is 0 Å². The summed E-state index contributed by atoms with van der Waals surface area (Å²) >= 11 is 0. The zero-order valence-electron chi connectivity index (χ0n) is 10.2. The minimum absolute atomic E-state index is 0.394. The highest BCUT2D eigenvalue weighted by Gasteiger charge is 2.23. The predicted octanol–water partition coefficient (Wildman–Crippen LogP) is 2.37. The van der Waals surface area contributed by atoms with Crippen LogP contribution < -0.4 is 5.32 Å². The summed E-state index contributed by atoms with van der Waals surface area (Å²) in [4.78, 5) is 0. The van der Waals surface area contributed by atoms with Crippen LogP contribution in [0.25, 0.3) is 11.5 Å². The fourth-order valence-electron chi connectivity index (χ4n) is 2.41. The standard InChI is InChI=1S/C13H17N3O/c1-9(2)16-11-5-6-14-8-10(11)13(15-16)12-4-3-7-17-12/h3-4,7,9,14H,5-6,8H2,1-2H3. The Morgan fingerprint density at radius 2 is 2.35 bits per heavy atom. The molecule has 90 valence electrons. The number of nitrogens with one attached hydrogen (secondary N) is 1. The summed E-state index contributed by atoms with van der Waals surface area (Å²) in [5.41, 5.74) is 3.64. The zero-order chi connectivity index (χ0) is 11.8. The van der Waals surface area contributed by atoms with E-state index in [0.29, 0.717) is 6.04 Å². The van der Waals surface area contributed by atoms with Gasteiger partial charge < -0.3 is 9.73 Å². The van der Waals surface area contributed by atoms with Gasteiger partial charge >= 0.3 is 0 Å². The van der Waals surface area contributed by atoms with Crippen molar-refractivity contribution in [2.75, 3.05) is 6.54 Å². The molecule has 0 spiro atoms. The molecule has 0 unspecified atom stereocenters. The van der Waals surface area contributed by atoms with Gasteiger partial charge in [-0.25, -0.2) is 0 Å². The Labute approximate surface area is 101 Å². The summed E-state index contributed by atoms with van der Waals surface area (Å²) < 4.78 is 7.61. The normalized spacial score (nSPS) is 15.2. The zero-order valence-corrected chi connectivity index (χ0v) is 10.2. The molecule has 0 saturated carbocycles. The molecule has 17 heavy (non-hydrogen) atoms. The van der Waals surface area contributed by atoms with Gasteiger partial charge in [0.05, 0.1) is 6.26 Å². The fraction of sp³-hybridized carbons (Fsp3) is 0.462. The second kappa shape index (κ2) is 4.04. The van der Waals surface area contributed by atoms with E-state index in [2.05, 4.69) is 23.8 Å². The molecule has 3 heterocycles. The largest absolute Gasteiger partial charge is 0.463 e. The van der Waals surface area contributed by atoms with E-state index in [-0.39, 0.29) is 0 Å². The van der Waals surface area contributed by atoms with E-state index in [4.69, 9.17) is 9.52 Å². The molecule has 0 amide bonds. The van der Waals surface area contributed by atoms with Gasteiger partial charge in [0.15, 0.2) is 5.76 Å². The molecule has 0 fully saturated rings. The maximum Gasteiger partial charge on any atom is 0.154 e. The Morgan fingerprint density at radius 3 is 3.06 bits per heavy atom. The first-order chi connectivity index (χ1) is 8.27. The lowest BCUT2D eigenvalue weighted by Gasteiger charge is -2.17. The highest BCUT2D eigenvalue weighted by atomic mass is 16.3. The van der Waals surface area contributed by atoms with Crippen molar-refractivity contribution in [3.63, 3.8) is 0 Å². The van der Waals surface area contributed by atoms with Gasteiger partial charge in [-0.3, -0.25) is 4.68 Å². The summed E-state index contributed by atoms with van der Waals surface area (Å²) in [5, 5.41) is 8.12. The third-order valence-corrected chi connectivity index (χ3v) is 3.20. The predicted molar refractivity (Wildman–Crippen MR) is 65.7 cm³/mol. The number of fused-ring (bicyclic) bond motifs is 1. The number of nitrogens with zero attached hydrogens (tertiary/aromatic N) is 2. The fourth-order valence-corrected chi connectivity index (χ4v) is 2.41. The van der Waals surface area contributed by atoms with Crippen molar-refractivity contribution in [3.05, 3.63) is 29.7 Å². The van der Waals surface area contributed by atoms with Gasteiger partial charge in [0, 0.05) is 36.8 Å². The van der Waals surface area contributed by atoms with E-state index in [1.54, 1.807) is 6.26 Å². The minimum atomic E-state index is 0.394. The Bertz CT molecular complexity index is 511. The van der Waals surface area contributed by atoms with E-state index in [0.717, 1.165) is 31.0 Å². The number of rotatable bonds is 2. The van der Waals surface area contributed by atoms with Crippen LogP contribution in [-0.2, 0) is 13.0 Å². The molecule has 2 aromatic heterocycles. The van der Waals surface area contributed by atoms with Crippen molar-refractivity contribution in [2.24, 2.45) is 0 Å². The molecule has 0 aromatic carbocycles. The van der Waals surface area contributed by atoms with Gasteiger partial charge in [-0.15, -0.1) is 0 Å². The Balaban J connectivity index is 2.16. The quantitative estimate of drug-likeness (QED) is 0.862. The number of furan rings is 1. The van der Waals surface area contributed by atoms with Crippen LogP contribution in [0.1, 0.15) is 31.1 Å². The van der Waals surface area contributed by atoms with Crippen LogP contribution in [0.4, 0.5) is 0 Å². The molecular weight excluding hydrogens is 214 g/mol. The van der Waals surface area contributed by atoms with E-state index < -0.39 is 0 Å². The molecule has 2 aromatic rings. The summed E-state index contributed by atoms with van der Waals surface area (Å²) in [6.45, 7) is 6.25. The van der Waals surface area contributed by atoms with Crippen molar-refractivity contribution in [3.8, 4) is 11.5 Å². The van der Waals surface area contributed by atoms with Crippen LogP contribution in [0.2, 0.25) is 0 Å². The summed E-state index contributed by atoms with van der Waals surface area (Å²) in [5.74, 6) is 0.865. The number of aromatic nitrogens is 2. The van der Waals surface area contributed by atoms with Crippen LogP contribution >= 0.6 is 0 Å². The van der Waals surface area contributed by atoms with Crippen LogP contribution in [0.15, 0.2) is 22.8 Å².